The van der Waals surface area contributed by atoms with Gasteiger partial charge in [-0.3, -0.25) is 9.48 Å². The van der Waals surface area contributed by atoms with Crippen LogP contribution in [0, 0.1) is 11.3 Å². The molecule has 0 N–H and O–H groups in total. The largest absolute Gasteiger partial charge is 0.339 e. The molecule has 1 aromatic heterocycles. The number of aromatic nitrogens is 2. The van der Waals surface area contributed by atoms with E-state index >= 15 is 0 Å². The Morgan fingerprint density at radius 3 is 2.58 bits per heavy atom. The number of amides is 1. The van der Waals surface area contributed by atoms with Crippen molar-refractivity contribution in [1.82, 2.24) is 14.7 Å². The van der Waals surface area contributed by atoms with E-state index in [0.717, 1.165) is 31.5 Å². The zero-order valence-corrected chi connectivity index (χ0v) is 14.2. The molecule has 0 spiro atoms. The van der Waals surface area contributed by atoms with Crippen molar-refractivity contribution in [3.8, 4) is 17.3 Å². The molecule has 1 fully saturated rings. The van der Waals surface area contributed by atoms with Crippen LogP contribution in [0.25, 0.3) is 11.3 Å². The van der Waals surface area contributed by atoms with Crippen LogP contribution in [0.2, 0.25) is 5.02 Å². The van der Waals surface area contributed by atoms with Crippen LogP contribution >= 0.6 is 11.6 Å². The Kier molecular flexibility index (Phi) is 5.17. The fraction of sp³-hybridized carbons (Fsp3) is 0.389. The number of carbonyl (C=O) groups is 1. The predicted molar refractivity (Wildman–Crippen MR) is 92.7 cm³/mol. The van der Waals surface area contributed by atoms with E-state index in [-0.39, 0.29) is 5.91 Å². The average Bonchev–Trinajstić information content (AvgIpc) is 3.05. The molecule has 1 aliphatic heterocycles. The lowest BCUT2D eigenvalue weighted by atomic mass is 10.1. The van der Waals surface area contributed by atoms with Crippen LogP contribution in [0.3, 0.4) is 0 Å². The predicted octanol–water partition coefficient (Wildman–Crippen LogP) is 3.74. The lowest BCUT2D eigenvalue weighted by Gasteiger charge is -2.26. The van der Waals surface area contributed by atoms with E-state index in [1.165, 1.54) is 6.42 Å². The van der Waals surface area contributed by atoms with Gasteiger partial charge in [0.25, 0.3) is 5.91 Å². The second-order valence-electron chi connectivity index (χ2n) is 5.92. The molecule has 2 aromatic rings. The Bertz CT molecular complexity index is 754. The first-order valence-corrected chi connectivity index (χ1v) is 8.56. The summed E-state index contributed by atoms with van der Waals surface area (Å²) in [6.07, 6.45) is 5.39. The minimum Gasteiger partial charge on any atom is -0.339 e. The van der Waals surface area contributed by atoms with Gasteiger partial charge >= 0.3 is 0 Å². The highest BCUT2D eigenvalue weighted by Crippen LogP contribution is 2.26. The van der Waals surface area contributed by atoms with Crippen molar-refractivity contribution < 1.29 is 4.79 Å². The van der Waals surface area contributed by atoms with Crippen LogP contribution in [0.15, 0.2) is 30.5 Å². The lowest BCUT2D eigenvalue weighted by molar-refractivity contribution is 0.0725. The van der Waals surface area contributed by atoms with Gasteiger partial charge in [-0.1, -0.05) is 23.7 Å². The summed E-state index contributed by atoms with van der Waals surface area (Å²) >= 11 is 5.96. The average molecular weight is 343 g/mol. The summed E-state index contributed by atoms with van der Waals surface area (Å²) in [5.74, 6) is 0.0165. The number of aryl methyl sites for hydroxylation is 1. The van der Waals surface area contributed by atoms with E-state index in [0.29, 0.717) is 29.2 Å². The monoisotopic (exact) mass is 342 g/mol. The Morgan fingerprint density at radius 2 is 1.92 bits per heavy atom. The quantitative estimate of drug-likeness (QED) is 0.850. The zero-order chi connectivity index (χ0) is 16.9. The van der Waals surface area contributed by atoms with Gasteiger partial charge in [-0.25, -0.2) is 0 Å². The molecule has 2 heterocycles. The van der Waals surface area contributed by atoms with Gasteiger partial charge < -0.3 is 4.90 Å². The van der Waals surface area contributed by atoms with E-state index in [9.17, 15) is 4.79 Å². The molecular formula is C18H19ClN4O. The standard InChI is InChI=1S/C18H19ClN4O/c19-15-7-5-14(6-8-15)17-16(13-23(21-17)12-4-9-20)18(24)22-10-2-1-3-11-22/h5-8,13H,1-4,10-12H2. The number of halogens is 1. The van der Waals surface area contributed by atoms with E-state index in [4.69, 9.17) is 16.9 Å². The van der Waals surface area contributed by atoms with Crippen molar-refractivity contribution >= 4 is 17.5 Å². The molecule has 5 nitrogen and oxygen atoms in total. The number of nitriles is 1. The lowest BCUT2D eigenvalue weighted by Crippen LogP contribution is -2.35. The van der Waals surface area contributed by atoms with Crippen molar-refractivity contribution in [2.24, 2.45) is 0 Å². The molecule has 0 saturated carbocycles. The summed E-state index contributed by atoms with van der Waals surface area (Å²) in [7, 11) is 0. The highest BCUT2D eigenvalue weighted by Gasteiger charge is 2.24. The van der Waals surface area contributed by atoms with Crippen molar-refractivity contribution in [1.29, 1.82) is 5.26 Å². The van der Waals surface area contributed by atoms with Crippen molar-refractivity contribution in [3.63, 3.8) is 0 Å². The summed E-state index contributed by atoms with van der Waals surface area (Å²) in [4.78, 5) is 14.8. The van der Waals surface area contributed by atoms with Crippen LogP contribution in [-0.4, -0.2) is 33.7 Å². The van der Waals surface area contributed by atoms with E-state index < -0.39 is 0 Å². The van der Waals surface area contributed by atoms with Crippen molar-refractivity contribution in [2.45, 2.75) is 32.2 Å². The fourth-order valence-electron chi connectivity index (χ4n) is 2.95. The van der Waals surface area contributed by atoms with Crippen LogP contribution in [0.5, 0.6) is 0 Å². The number of hydrogen-bond acceptors (Lipinski definition) is 3. The summed E-state index contributed by atoms with van der Waals surface area (Å²) in [5.41, 5.74) is 2.10. The maximum absolute atomic E-state index is 12.9. The maximum Gasteiger partial charge on any atom is 0.257 e. The van der Waals surface area contributed by atoms with E-state index in [1.54, 1.807) is 23.0 Å². The van der Waals surface area contributed by atoms with Gasteiger partial charge in [-0.05, 0) is 31.4 Å². The molecule has 1 amide bonds. The molecular weight excluding hydrogens is 324 g/mol. The zero-order valence-electron chi connectivity index (χ0n) is 13.4. The topological polar surface area (TPSA) is 61.9 Å². The van der Waals surface area contributed by atoms with Crippen LogP contribution in [0.4, 0.5) is 0 Å². The van der Waals surface area contributed by atoms with Crippen molar-refractivity contribution in [3.05, 3.63) is 41.0 Å². The normalized spacial score (nSPS) is 14.4. The summed E-state index contributed by atoms with van der Waals surface area (Å²) in [6.45, 7) is 2.06. The highest BCUT2D eigenvalue weighted by atomic mass is 35.5. The molecule has 124 valence electrons. The molecule has 1 saturated heterocycles. The van der Waals surface area contributed by atoms with Gasteiger partial charge in [0.05, 0.1) is 24.6 Å². The molecule has 1 aliphatic rings. The van der Waals surface area contributed by atoms with Gasteiger partial charge in [0.15, 0.2) is 0 Å². The summed E-state index contributed by atoms with van der Waals surface area (Å²) in [6, 6.07) is 9.43. The molecule has 24 heavy (non-hydrogen) atoms. The minimum absolute atomic E-state index is 0.0165. The van der Waals surface area contributed by atoms with Gasteiger partial charge in [0, 0.05) is 29.9 Å². The Morgan fingerprint density at radius 1 is 1.21 bits per heavy atom. The first-order valence-electron chi connectivity index (χ1n) is 8.18. The maximum atomic E-state index is 12.9. The number of piperidine rings is 1. The van der Waals surface area contributed by atoms with Crippen molar-refractivity contribution in [2.75, 3.05) is 13.1 Å². The molecule has 0 atom stereocenters. The highest BCUT2D eigenvalue weighted by molar-refractivity contribution is 6.30. The van der Waals surface area contributed by atoms with Crippen LogP contribution < -0.4 is 0 Å². The second-order valence-corrected chi connectivity index (χ2v) is 6.36. The number of rotatable bonds is 4. The Labute approximate surface area is 146 Å². The fourth-order valence-corrected chi connectivity index (χ4v) is 3.07. The molecule has 0 unspecified atom stereocenters. The molecule has 0 radical (unpaired) electrons. The minimum atomic E-state index is 0.0165. The molecule has 6 heteroatoms. The molecule has 3 rings (SSSR count). The van der Waals surface area contributed by atoms with Crippen LogP contribution in [-0.2, 0) is 6.54 Å². The van der Waals surface area contributed by atoms with Gasteiger partial charge in [-0.15, -0.1) is 0 Å². The molecule has 0 aliphatic carbocycles. The number of nitrogens with zero attached hydrogens (tertiary/aromatic N) is 4. The number of carbonyl (C=O) groups excluding carboxylic acids is 1. The third-order valence-corrected chi connectivity index (χ3v) is 4.46. The van der Waals surface area contributed by atoms with E-state index in [2.05, 4.69) is 11.2 Å². The van der Waals surface area contributed by atoms with Crippen LogP contribution in [0.1, 0.15) is 36.0 Å². The number of hydrogen-bond donors (Lipinski definition) is 0. The Hall–Kier alpha value is -2.32. The smallest absolute Gasteiger partial charge is 0.257 e. The van der Waals surface area contributed by atoms with Gasteiger partial charge in [0.2, 0.25) is 0 Å². The van der Waals surface area contributed by atoms with Gasteiger partial charge in [0.1, 0.15) is 5.69 Å². The summed E-state index contributed by atoms with van der Waals surface area (Å²) in [5, 5.41) is 14.0. The molecule has 0 bridgehead atoms. The second kappa shape index (κ2) is 7.50. The third-order valence-electron chi connectivity index (χ3n) is 4.21. The first kappa shape index (κ1) is 16.5. The summed E-state index contributed by atoms with van der Waals surface area (Å²) < 4.78 is 1.68. The third kappa shape index (κ3) is 3.60. The SMILES string of the molecule is N#CCCn1cc(C(=O)N2CCCCC2)c(-c2ccc(Cl)cc2)n1. The van der Waals surface area contributed by atoms with E-state index in [1.807, 2.05) is 17.0 Å². The van der Waals surface area contributed by atoms with Gasteiger partial charge in [-0.2, -0.15) is 10.4 Å². The Balaban J connectivity index is 1.95. The number of benzene rings is 1. The molecule has 1 aromatic carbocycles. The number of likely N-dealkylation sites (tertiary alicyclic amines) is 1. The first-order chi connectivity index (χ1) is 11.7.